The highest BCUT2D eigenvalue weighted by Gasteiger charge is 2.23. The summed E-state index contributed by atoms with van der Waals surface area (Å²) in [4.78, 5) is 2.45. The molecule has 2 nitrogen and oxygen atoms in total. The molecule has 52 heavy (non-hydrogen) atoms. The van der Waals surface area contributed by atoms with E-state index in [2.05, 4.69) is 169 Å². The Hall–Kier alpha value is -6.20. The van der Waals surface area contributed by atoms with Gasteiger partial charge in [-0.05, 0) is 83.4 Å². The average Bonchev–Trinajstić information content (AvgIpc) is 3.89. The van der Waals surface area contributed by atoms with E-state index < -0.39 is 0 Å². The van der Waals surface area contributed by atoms with Crippen LogP contribution < -0.4 is 4.90 Å². The van der Waals surface area contributed by atoms with Crippen molar-refractivity contribution in [3.8, 4) is 22.3 Å². The summed E-state index contributed by atoms with van der Waals surface area (Å²) in [6.07, 6.45) is 0. The second-order valence-electron chi connectivity index (χ2n) is 13.3. The van der Waals surface area contributed by atoms with E-state index in [1.165, 1.54) is 62.6 Å². The largest absolute Gasteiger partial charge is 0.456 e. The molecule has 3 aromatic heterocycles. The normalized spacial score (nSPS) is 11.8. The lowest BCUT2D eigenvalue weighted by molar-refractivity contribution is 0.669. The maximum absolute atomic E-state index is 6.31. The second kappa shape index (κ2) is 11.7. The molecule has 0 bridgehead atoms. The fourth-order valence-electron chi connectivity index (χ4n) is 7.90. The van der Waals surface area contributed by atoms with Crippen LogP contribution in [0.4, 0.5) is 17.1 Å². The summed E-state index contributed by atoms with van der Waals surface area (Å²) in [5.41, 5.74) is 9.86. The minimum absolute atomic E-state index is 0.887. The van der Waals surface area contributed by atoms with E-state index in [-0.39, 0.29) is 0 Å². The van der Waals surface area contributed by atoms with Crippen molar-refractivity contribution >= 4 is 102 Å². The van der Waals surface area contributed by atoms with Crippen molar-refractivity contribution < 1.29 is 4.42 Å². The molecule has 0 fully saturated rings. The van der Waals surface area contributed by atoms with Crippen LogP contribution in [-0.2, 0) is 0 Å². The molecule has 0 radical (unpaired) electrons. The Bertz CT molecular complexity index is 3030. The average molecular weight is 700 g/mol. The van der Waals surface area contributed by atoms with Gasteiger partial charge in [0.25, 0.3) is 0 Å². The fraction of sp³-hybridized carbons (Fsp3) is 0. The zero-order chi connectivity index (χ0) is 34.2. The molecule has 0 aliphatic carbocycles. The number of fused-ring (bicyclic) bond motifs is 9. The number of anilines is 3. The number of rotatable bonds is 5. The van der Waals surface area contributed by atoms with Crippen LogP contribution in [0.3, 0.4) is 0 Å². The summed E-state index contributed by atoms with van der Waals surface area (Å²) in [5, 5.41) is 7.38. The SMILES string of the molecule is c1ccc(-c2cccc(N(c3ccc4oc5ccccc5c4c3)c3ccc4sc5ccccc5c4c3)c2-c2ccc3c(c2)sc2ccccc23)cc1. The van der Waals surface area contributed by atoms with E-state index in [0.29, 0.717) is 0 Å². The van der Waals surface area contributed by atoms with Gasteiger partial charge in [-0.2, -0.15) is 0 Å². The van der Waals surface area contributed by atoms with Crippen LogP contribution in [0.1, 0.15) is 0 Å². The van der Waals surface area contributed by atoms with Crippen molar-refractivity contribution in [2.24, 2.45) is 0 Å². The zero-order valence-electron chi connectivity index (χ0n) is 27.9. The van der Waals surface area contributed by atoms with Gasteiger partial charge in [-0.1, -0.05) is 109 Å². The van der Waals surface area contributed by atoms with Crippen LogP contribution in [0.5, 0.6) is 0 Å². The number of benzene rings is 8. The molecule has 11 rings (SSSR count). The molecule has 0 N–H and O–H groups in total. The summed E-state index contributed by atoms with van der Waals surface area (Å²) in [6.45, 7) is 0. The Morgan fingerprint density at radius 3 is 1.81 bits per heavy atom. The predicted octanol–water partition coefficient (Wildman–Crippen LogP) is 15.1. The third-order valence-corrected chi connectivity index (χ3v) is 12.6. The van der Waals surface area contributed by atoms with E-state index in [1.807, 2.05) is 34.8 Å². The topological polar surface area (TPSA) is 16.4 Å². The van der Waals surface area contributed by atoms with Crippen LogP contribution in [0.2, 0.25) is 0 Å². The van der Waals surface area contributed by atoms with Crippen molar-refractivity contribution in [3.63, 3.8) is 0 Å². The van der Waals surface area contributed by atoms with Crippen LogP contribution in [-0.4, -0.2) is 0 Å². The Kier molecular flexibility index (Phi) is 6.63. The first-order valence-corrected chi connectivity index (χ1v) is 19.1. The number of para-hydroxylation sites is 1. The lowest BCUT2D eigenvalue weighted by Crippen LogP contribution is -2.11. The molecule has 0 aliphatic rings. The Labute approximate surface area is 308 Å². The van der Waals surface area contributed by atoms with Gasteiger partial charge in [-0.25, -0.2) is 0 Å². The summed E-state index contributed by atoms with van der Waals surface area (Å²) in [7, 11) is 0. The summed E-state index contributed by atoms with van der Waals surface area (Å²) >= 11 is 3.71. The molecule has 0 atom stereocenters. The summed E-state index contributed by atoms with van der Waals surface area (Å²) in [6, 6.07) is 63.9. The highest BCUT2D eigenvalue weighted by molar-refractivity contribution is 7.26. The van der Waals surface area contributed by atoms with Gasteiger partial charge in [0.15, 0.2) is 0 Å². The highest BCUT2D eigenvalue weighted by Crippen LogP contribution is 2.49. The minimum Gasteiger partial charge on any atom is -0.456 e. The van der Waals surface area contributed by atoms with Gasteiger partial charge in [-0.3, -0.25) is 0 Å². The highest BCUT2D eigenvalue weighted by atomic mass is 32.1. The third kappa shape index (κ3) is 4.62. The standard InChI is InChI=1S/C48H29NOS2/c1-2-11-30(12-3-1)34-16-10-17-41(48(34)31-21-24-38-36-14-5-8-19-44(36)52-47(38)27-31)49(32-22-25-43-39(28-32)35-13-4-7-18-42(35)50-43)33-23-26-46-40(29-33)37-15-6-9-20-45(37)51-46/h1-29H. The van der Waals surface area contributed by atoms with Gasteiger partial charge < -0.3 is 9.32 Å². The molecule has 11 aromatic rings. The number of hydrogen-bond donors (Lipinski definition) is 0. The van der Waals surface area contributed by atoms with Crippen molar-refractivity contribution in [2.75, 3.05) is 4.90 Å². The summed E-state index contributed by atoms with van der Waals surface area (Å²) < 4.78 is 11.5. The lowest BCUT2D eigenvalue weighted by atomic mass is 9.91. The van der Waals surface area contributed by atoms with E-state index in [4.69, 9.17) is 4.42 Å². The lowest BCUT2D eigenvalue weighted by Gasteiger charge is -2.29. The number of hydrogen-bond acceptors (Lipinski definition) is 4. The number of furan rings is 1. The first-order chi connectivity index (χ1) is 25.8. The molecule has 244 valence electrons. The Morgan fingerprint density at radius 1 is 0.365 bits per heavy atom. The van der Waals surface area contributed by atoms with Crippen molar-refractivity contribution in [2.45, 2.75) is 0 Å². The zero-order valence-corrected chi connectivity index (χ0v) is 29.5. The van der Waals surface area contributed by atoms with Gasteiger partial charge in [0.05, 0.1) is 5.69 Å². The fourth-order valence-corrected chi connectivity index (χ4v) is 10.1. The van der Waals surface area contributed by atoms with E-state index >= 15 is 0 Å². The predicted molar refractivity (Wildman–Crippen MR) is 225 cm³/mol. The van der Waals surface area contributed by atoms with E-state index in [0.717, 1.165) is 39.0 Å². The van der Waals surface area contributed by atoms with Gasteiger partial charge in [-0.15, -0.1) is 22.7 Å². The van der Waals surface area contributed by atoms with E-state index in [9.17, 15) is 0 Å². The van der Waals surface area contributed by atoms with Crippen molar-refractivity contribution in [1.29, 1.82) is 0 Å². The van der Waals surface area contributed by atoms with Crippen LogP contribution >= 0.6 is 22.7 Å². The first kappa shape index (κ1) is 29.5. The molecular weight excluding hydrogens is 671 g/mol. The van der Waals surface area contributed by atoms with Gasteiger partial charge in [0.2, 0.25) is 0 Å². The van der Waals surface area contributed by atoms with Gasteiger partial charge in [0.1, 0.15) is 11.2 Å². The Balaban J connectivity index is 1.22. The Morgan fingerprint density at radius 2 is 0.981 bits per heavy atom. The second-order valence-corrected chi connectivity index (χ2v) is 15.4. The number of thiophene rings is 2. The van der Waals surface area contributed by atoms with Crippen LogP contribution in [0, 0.1) is 0 Å². The molecule has 3 heterocycles. The summed E-state index contributed by atoms with van der Waals surface area (Å²) in [5.74, 6) is 0. The number of nitrogens with zero attached hydrogens (tertiary/aromatic N) is 1. The van der Waals surface area contributed by atoms with E-state index in [1.54, 1.807) is 0 Å². The molecule has 0 saturated heterocycles. The van der Waals surface area contributed by atoms with Crippen molar-refractivity contribution in [3.05, 3.63) is 176 Å². The van der Waals surface area contributed by atoms with Crippen LogP contribution in [0.15, 0.2) is 180 Å². The quantitative estimate of drug-likeness (QED) is 0.178. The van der Waals surface area contributed by atoms with Crippen LogP contribution in [0.25, 0.3) is 84.5 Å². The molecule has 0 unspecified atom stereocenters. The molecule has 0 aliphatic heterocycles. The maximum atomic E-state index is 6.31. The minimum atomic E-state index is 0.887. The van der Waals surface area contributed by atoms with Gasteiger partial charge in [0, 0.05) is 68.1 Å². The first-order valence-electron chi connectivity index (χ1n) is 17.5. The smallest absolute Gasteiger partial charge is 0.135 e. The molecule has 0 amide bonds. The molecular formula is C48H29NOS2. The molecule has 0 saturated carbocycles. The monoisotopic (exact) mass is 699 g/mol. The van der Waals surface area contributed by atoms with Gasteiger partial charge >= 0.3 is 0 Å². The molecule has 8 aromatic carbocycles. The molecule has 4 heteroatoms. The molecule has 0 spiro atoms. The van der Waals surface area contributed by atoms with Crippen molar-refractivity contribution in [1.82, 2.24) is 0 Å². The maximum Gasteiger partial charge on any atom is 0.135 e. The third-order valence-electron chi connectivity index (χ3n) is 10.3.